The van der Waals surface area contributed by atoms with Crippen LogP contribution in [0, 0.1) is 11.8 Å². The lowest BCUT2D eigenvalue weighted by Gasteiger charge is -2.26. The van der Waals surface area contributed by atoms with E-state index in [1.807, 2.05) is 0 Å². The van der Waals surface area contributed by atoms with Crippen LogP contribution in [0.3, 0.4) is 0 Å². The molecule has 21 heavy (non-hydrogen) atoms. The van der Waals surface area contributed by atoms with Gasteiger partial charge in [0.15, 0.2) is 5.69 Å². The van der Waals surface area contributed by atoms with Crippen LogP contribution in [0.4, 0.5) is 0 Å². The van der Waals surface area contributed by atoms with Crippen LogP contribution in [0.15, 0.2) is 6.20 Å². The van der Waals surface area contributed by atoms with Crippen LogP contribution in [0.2, 0.25) is 0 Å². The van der Waals surface area contributed by atoms with Crippen molar-refractivity contribution in [2.24, 2.45) is 11.8 Å². The van der Waals surface area contributed by atoms with E-state index in [1.54, 1.807) is 10.9 Å². The molecule has 3 N–H and O–H groups in total. The maximum atomic E-state index is 12.0. The number of carbonyl (C=O) groups is 2. The molecular formula is C13H19N5O3. The van der Waals surface area contributed by atoms with Gasteiger partial charge in [-0.1, -0.05) is 11.6 Å². The third-order valence-corrected chi connectivity index (χ3v) is 4.38. The van der Waals surface area contributed by atoms with Crippen LogP contribution in [0.1, 0.15) is 35.8 Å². The van der Waals surface area contributed by atoms with E-state index in [9.17, 15) is 9.59 Å². The van der Waals surface area contributed by atoms with Crippen molar-refractivity contribution in [1.82, 2.24) is 25.6 Å². The van der Waals surface area contributed by atoms with Crippen LogP contribution in [0.5, 0.6) is 0 Å². The van der Waals surface area contributed by atoms with Gasteiger partial charge in [-0.2, -0.15) is 0 Å². The molecule has 8 nitrogen and oxygen atoms in total. The van der Waals surface area contributed by atoms with E-state index in [-0.39, 0.29) is 29.5 Å². The first-order valence-electron chi connectivity index (χ1n) is 7.28. The molecule has 1 aliphatic heterocycles. The van der Waals surface area contributed by atoms with Crippen molar-refractivity contribution in [2.75, 3.05) is 19.6 Å². The number of aromatic nitrogens is 3. The molecule has 0 radical (unpaired) electrons. The normalized spacial score (nSPS) is 25.5. The fourth-order valence-electron chi connectivity index (χ4n) is 2.94. The predicted octanol–water partition coefficient (Wildman–Crippen LogP) is -0.347. The van der Waals surface area contributed by atoms with E-state index >= 15 is 0 Å². The first kappa shape index (κ1) is 14.0. The van der Waals surface area contributed by atoms with Crippen molar-refractivity contribution < 1.29 is 14.7 Å². The number of carboxylic acid groups (broad SMARTS) is 1. The zero-order valence-electron chi connectivity index (χ0n) is 11.7. The van der Waals surface area contributed by atoms with Gasteiger partial charge in [-0.25, -0.2) is 4.68 Å². The van der Waals surface area contributed by atoms with Crippen molar-refractivity contribution in [1.29, 1.82) is 0 Å². The molecule has 114 valence electrons. The average Bonchev–Trinajstić information content (AvgIpc) is 3.02. The van der Waals surface area contributed by atoms with Gasteiger partial charge in [0.2, 0.25) is 0 Å². The molecule has 2 fully saturated rings. The lowest BCUT2D eigenvalue weighted by molar-refractivity contribution is -0.142. The molecule has 8 heteroatoms. The Hall–Kier alpha value is -1.96. The van der Waals surface area contributed by atoms with Crippen LogP contribution < -0.4 is 10.6 Å². The highest BCUT2D eigenvalue weighted by atomic mass is 16.4. The van der Waals surface area contributed by atoms with Crippen molar-refractivity contribution in [3.63, 3.8) is 0 Å². The van der Waals surface area contributed by atoms with Crippen LogP contribution in [-0.4, -0.2) is 51.6 Å². The SMILES string of the molecule is O=C(NCC1CCCC1C(=O)O)c1cn(C2CNC2)nn1. The number of carbonyl (C=O) groups excluding carboxylic acids is 1. The molecule has 2 atom stereocenters. The van der Waals surface area contributed by atoms with Crippen LogP contribution >= 0.6 is 0 Å². The molecule has 0 aromatic carbocycles. The van der Waals surface area contributed by atoms with E-state index in [4.69, 9.17) is 5.11 Å². The van der Waals surface area contributed by atoms with E-state index in [2.05, 4.69) is 20.9 Å². The maximum Gasteiger partial charge on any atom is 0.306 e. The first-order chi connectivity index (χ1) is 10.1. The molecule has 0 spiro atoms. The number of nitrogens with zero attached hydrogens (tertiary/aromatic N) is 3. The molecule has 1 saturated carbocycles. The molecule has 2 aliphatic rings. The Kier molecular flexibility index (Phi) is 3.87. The van der Waals surface area contributed by atoms with Crippen LogP contribution in [0.25, 0.3) is 0 Å². The molecule has 2 unspecified atom stereocenters. The second-order valence-electron chi connectivity index (χ2n) is 5.74. The number of amides is 1. The molecule has 1 saturated heterocycles. The highest BCUT2D eigenvalue weighted by Gasteiger charge is 2.33. The number of carboxylic acids is 1. The molecule has 1 aromatic rings. The second-order valence-corrected chi connectivity index (χ2v) is 5.74. The number of nitrogens with one attached hydrogen (secondary N) is 2. The van der Waals surface area contributed by atoms with E-state index < -0.39 is 5.97 Å². The molecule has 1 amide bonds. The summed E-state index contributed by atoms with van der Waals surface area (Å²) in [7, 11) is 0. The summed E-state index contributed by atoms with van der Waals surface area (Å²) < 4.78 is 1.70. The number of aliphatic carboxylic acids is 1. The second kappa shape index (κ2) is 5.80. The zero-order valence-corrected chi connectivity index (χ0v) is 11.7. The van der Waals surface area contributed by atoms with E-state index in [1.165, 1.54) is 0 Å². The molecule has 0 bridgehead atoms. The summed E-state index contributed by atoms with van der Waals surface area (Å²) in [5.74, 6) is -1.39. The summed E-state index contributed by atoms with van der Waals surface area (Å²) >= 11 is 0. The summed E-state index contributed by atoms with van der Waals surface area (Å²) in [5.41, 5.74) is 0.284. The lowest BCUT2D eigenvalue weighted by Crippen LogP contribution is -2.43. The van der Waals surface area contributed by atoms with E-state index in [0.29, 0.717) is 13.0 Å². The number of hydrogen-bond donors (Lipinski definition) is 3. The molecular weight excluding hydrogens is 274 g/mol. The minimum absolute atomic E-state index is 0.0114. The van der Waals surface area contributed by atoms with Gasteiger partial charge >= 0.3 is 5.97 Å². The summed E-state index contributed by atoms with van der Waals surface area (Å²) in [4.78, 5) is 23.1. The van der Waals surface area contributed by atoms with Gasteiger partial charge in [0.25, 0.3) is 5.91 Å². The van der Waals surface area contributed by atoms with Gasteiger partial charge in [-0.15, -0.1) is 5.10 Å². The smallest absolute Gasteiger partial charge is 0.306 e. The average molecular weight is 293 g/mol. The Morgan fingerprint density at radius 1 is 1.43 bits per heavy atom. The quantitative estimate of drug-likeness (QED) is 0.685. The van der Waals surface area contributed by atoms with Gasteiger partial charge < -0.3 is 15.7 Å². The van der Waals surface area contributed by atoms with Crippen molar-refractivity contribution >= 4 is 11.9 Å². The Morgan fingerprint density at radius 3 is 2.90 bits per heavy atom. The summed E-state index contributed by atoms with van der Waals surface area (Å²) in [6, 6.07) is 0.269. The van der Waals surface area contributed by atoms with Crippen molar-refractivity contribution in [3.8, 4) is 0 Å². The Bertz CT molecular complexity index is 540. The monoisotopic (exact) mass is 293 g/mol. The fourth-order valence-corrected chi connectivity index (χ4v) is 2.94. The summed E-state index contributed by atoms with van der Waals surface area (Å²) in [5, 5.41) is 22.9. The summed E-state index contributed by atoms with van der Waals surface area (Å²) in [6.07, 6.45) is 4.09. The Labute approximate surface area is 121 Å². The largest absolute Gasteiger partial charge is 0.481 e. The fraction of sp³-hybridized carbons (Fsp3) is 0.692. The molecule has 3 rings (SSSR count). The highest BCUT2D eigenvalue weighted by molar-refractivity contribution is 5.91. The maximum absolute atomic E-state index is 12.0. The standard InChI is InChI=1S/C13H19N5O3/c19-12(11-7-18(17-16-11)9-5-14-6-9)15-4-8-2-1-3-10(8)13(20)21/h7-10,14H,1-6H2,(H,15,19)(H,20,21). The summed E-state index contributed by atoms with van der Waals surface area (Å²) in [6.45, 7) is 2.06. The van der Waals surface area contributed by atoms with Gasteiger partial charge in [-0.3, -0.25) is 9.59 Å². The first-order valence-corrected chi connectivity index (χ1v) is 7.28. The zero-order chi connectivity index (χ0) is 14.8. The number of rotatable bonds is 5. The minimum Gasteiger partial charge on any atom is -0.481 e. The third-order valence-electron chi connectivity index (χ3n) is 4.38. The highest BCUT2D eigenvalue weighted by Crippen LogP contribution is 2.31. The molecule has 2 heterocycles. The van der Waals surface area contributed by atoms with Crippen LogP contribution in [-0.2, 0) is 4.79 Å². The molecule has 1 aromatic heterocycles. The predicted molar refractivity (Wildman–Crippen MR) is 72.7 cm³/mol. The minimum atomic E-state index is -0.768. The van der Waals surface area contributed by atoms with Gasteiger partial charge in [0, 0.05) is 19.6 Å². The van der Waals surface area contributed by atoms with Crippen molar-refractivity contribution in [2.45, 2.75) is 25.3 Å². The van der Waals surface area contributed by atoms with Gasteiger partial charge in [0.1, 0.15) is 0 Å². The van der Waals surface area contributed by atoms with Gasteiger partial charge in [0.05, 0.1) is 18.2 Å². The molecule has 1 aliphatic carbocycles. The Balaban J connectivity index is 1.54. The van der Waals surface area contributed by atoms with Crippen molar-refractivity contribution in [3.05, 3.63) is 11.9 Å². The Morgan fingerprint density at radius 2 is 2.24 bits per heavy atom. The topological polar surface area (TPSA) is 109 Å². The third kappa shape index (κ3) is 2.90. The van der Waals surface area contributed by atoms with E-state index in [0.717, 1.165) is 25.9 Å². The van der Waals surface area contributed by atoms with Gasteiger partial charge in [-0.05, 0) is 18.8 Å². The number of hydrogen-bond acceptors (Lipinski definition) is 5. The lowest BCUT2D eigenvalue weighted by atomic mass is 9.96.